The molecule has 1 rings (SSSR count). The van der Waals surface area contributed by atoms with E-state index in [1.807, 2.05) is 0 Å². The molecule has 0 aromatic heterocycles. The van der Waals surface area contributed by atoms with Gasteiger partial charge in [0.15, 0.2) is 0 Å². The zero-order chi connectivity index (χ0) is 16.3. The summed E-state index contributed by atoms with van der Waals surface area (Å²) in [6.07, 6.45) is 13.2. The largest absolute Gasteiger partial charge is 0.521 e. The molecule has 0 radical (unpaired) electrons. The van der Waals surface area contributed by atoms with Crippen molar-refractivity contribution >= 4 is 12.0 Å². The van der Waals surface area contributed by atoms with Crippen LogP contribution in [0.5, 0.6) is 0 Å². The molecule has 0 unspecified atom stereocenters. The van der Waals surface area contributed by atoms with Crippen LogP contribution >= 0.6 is 0 Å². The number of unbranched alkanes of at least 4 members (excludes halogenated alkanes) is 8. The van der Waals surface area contributed by atoms with E-state index in [9.17, 15) is 14.7 Å². The van der Waals surface area contributed by atoms with Gasteiger partial charge in [-0.25, -0.2) is 4.79 Å². The SMILES string of the molecule is CCCCCCCCCCCC(=O)[N+]1(C(=O)O)CCCCC1. The Balaban J connectivity index is 2.15. The van der Waals surface area contributed by atoms with Gasteiger partial charge < -0.3 is 5.11 Å². The molecule has 0 atom stereocenters. The Morgan fingerprint density at radius 3 is 1.82 bits per heavy atom. The fraction of sp³-hybridized carbons (Fsp3) is 0.889. The predicted octanol–water partition coefficient (Wildman–Crippen LogP) is 5.11. The highest BCUT2D eigenvalue weighted by molar-refractivity contribution is 5.80. The second-order valence-corrected chi connectivity index (χ2v) is 6.73. The third kappa shape index (κ3) is 6.07. The molecule has 0 aromatic carbocycles. The van der Waals surface area contributed by atoms with Crippen LogP contribution in [0.15, 0.2) is 0 Å². The average Bonchev–Trinajstić information content (AvgIpc) is 2.53. The van der Waals surface area contributed by atoms with Gasteiger partial charge in [-0.3, -0.25) is 0 Å². The topological polar surface area (TPSA) is 54.4 Å². The minimum atomic E-state index is -0.944. The van der Waals surface area contributed by atoms with Gasteiger partial charge in [0.05, 0.1) is 19.5 Å². The molecule has 0 aromatic rings. The molecule has 0 spiro atoms. The van der Waals surface area contributed by atoms with E-state index in [4.69, 9.17) is 0 Å². The van der Waals surface area contributed by atoms with Gasteiger partial charge in [-0.1, -0.05) is 58.3 Å². The van der Waals surface area contributed by atoms with Crippen molar-refractivity contribution < 1.29 is 19.2 Å². The van der Waals surface area contributed by atoms with E-state index in [2.05, 4.69) is 6.92 Å². The summed E-state index contributed by atoms with van der Waals surface area (Å²) >= 11 is 0. The fourth-order valence-electron chi connectivity index (χ4n) is 3.40. The number of quaternary nitrogens is 1. The number of carboxylic acid groups (broad SMARTS) is 1. The number of piperidine rings is 1. The summed E-state index contributed by atoms with van der Waals surface area (Å²) in [5, 5.41) is 9.45. The van der Waals surface area contributed by atoms with Gasteiger partial charge >= 0.3 is 12.0 Å². The van der Waals surface area contributed by atoms with Gasteiger partial charge in [0.25, 0.3) is 0 Å². The van der Waals surface area contributed by atoms with Crippen molar-refractivity contribution in [2.24, 2.45) is 0 Å². The Bertz CT molecular complexity index is 335. The van der Waals surface area contributed by atoms with Gasteiger partial charge in [-0.2, -0.15) is 9.28 Å². The summed E-state index contributed by atoms with van der Waals surface area (Å²) in [6.45, 7) is 3.21. The zero-order valence-electron chi connectivity index (χ0n) is 14.3. The van der Waals surface area contributed by atoms with Crippen LogP contribution in [0.4, 0.5) is 4.79 Å². The van der Waals surface area contributed by atoms with E-state index in [1.54, 1.807) is 0 Å². The maximum Gasteiger partial charge on any atom is 0.521 e. The number of imide groups is 1. The first-order valence-electron chi connectivity index (χ1n) is 9.27. The summed E-state index contributed by atoms with van der Waals surface area (Å²) in [6, 6.07) is 0. The van der Waals surface area contributed by atoms with Gasteiger partial charge in [0.2, 0.25) is 0 Å². The van der Waals surface area contributed by atoms with Gasteiger partial charge in [0.1, 0.15) is 0 Å². The molecule has 0 saturated carbocycles. The van der Waals surface area contributed by atoms with Crippen LogP contribution in [0.1, 0.15) is 90.4 Å². The van der Waals surface area contributed by atoms with Gasteiger partial charge in [-0.15, -0.1) is 0 Å². The van der Waals surface area contributed by atoms with Crippen LogP contribution in [-0.4, -0.2) is 34.7 Å². The molecule has 0 aliphatic carbocycles. The van der Waals surface area contributed by atoms with E-state index >= 15 is 0 Å². The number of hydrogen-bond acceptors (Lipinski definition) is 2. The summed E-state index contributed by atoms with van der Waals surface area (Å²) in [7, 11) is 0. The normalized spacial score (nSPS) is 17.3. The molecule has 1 aliphatic heterocycles. The second kappa shape index (κ2) is 10.8. The smallest absolute Gasteiger partial charge is 0.435 e. The highest BCUT2D eigenvalue weighted by atomic mass is 16.4. The van der Waals surface area contributed by atoms with Gasteiger partial charge in [-0.05, 0) is 25.7 Å². The molecule has 22 heavy (non-hydrogen) atoms. The number of carbonyl (C=O) groups excluding carboxylic acids is 1. The van der Waals surface area contributed by atoms with E-state index in [-0.39, 0.29) is 10.4 Å². The van der Waals surface area contributed by atoms with Crippen LogP contribution in [0.2, 0.25) is 0 Å². The number of carbonyl (C=O) groups is 2. The molecule has 0 bridgehead atoms. The van der Waals surface area contributed by atoms with Crippen molar-refractivity contribution in [3.8, 4) is 0 Å². The lowest BCUT2D eigenvalue weighted by atomic mass is 10.0. The molecular formula is C18H34NO3+. The summed E-state index contributed by atoms with van der Waals surface area (Å²) in [5.41, 5.74) is 0. The molecule has 128 valence electrons. The lowest BCUT2D eigenvalue weighted by Gasteiger charge is -2.33. The maximum absolute atomic E-state index is 12.4. The maximum atomic E-state index is 12.4. The van der Waals surface area contributed by atoms with Crippen LogP contribution in [-0.2, 0) is 4.79 Å². The van der Waals surface area contributed by atoms with Crippen LogP contribution in [0.3, 0.4) is 0 Å². The Hall–Kier alpha value is -0.900. The first-order valence-corrected chi connectivity index (χ1v) is 9.27. The van der Waals surface area contributed by atoms with Crippen LogP contribution < -0.4 is 0 Å². The molecule has 1 N–H and O–H groups in total. The van der Waals surface area contributed by atoms with Crippen molar-refractivity contribution in [2.45, 2.75) is 90.4 Å². The number of likely N-dealkylation sites (tertiary alicyclic amines) is 1. The lowest BCUT2D eigenvalue weighted by molar-refractivity contribution is -0.787. The second-order valence-electron chi connectivity index (χ2n) is 6.73. The molecule has 1 heterocycles. The number of rotatable bonds is 10. The van der Waals surface area contributed by atoms with Crippen molar-refractivity contribution in [2.75, 3.05) is 13.1 Å². The van der Waals surface area contributed by atoms with Crippen LogP contribution in [0.25, 0.3) is 0 Å². The Kier molecular flexibility index (Phi) is 9.37. The molecular weight excluding hydrogens is 278 g/mol. The van der Waals surface area contributed by atoms with Crippen LogP contribution in [0, 0.1) is 0 Å². The molecule has 1 fully saturated rings. The van der Waals surface area contributed by atoms with Crippen molar-refractivity contribution in [3.05, 3.63) is 0 Å². The highest BCUT2D eigenvalue weighted by Crippen LogP contribution is 2.22. The molecule has 4 nitrogen and oxygen atoms in total. The quantitative estimate of drug-likeness (QED) is 0.450. The molecule has 2 amide bonds. The lowest BCUT2D eigenvalue weighted by Crippen LogP contribution is -2.59. The van der Waals surface area contributed by atoms with E-state index in [0.29, 0.717) is 19.5 Å². The van der Waals surface area contributed by atoms with Crippen molar-refractivity contribution in [3.63, 3.8) is 0 Å². The highest BCUT2D eigenvalue weighted by Gasteiger charge is 2.45. The summed E-state index contributed by atoms with van der Waals surface area (Å²) in [5.74, 6) is -0.0739. The first kappa shape index (κ1) is 19.1. The zero-order valence-corrected chi connectivity index (χ0v) is 14.3. The minimum Gasteiger partial charge on any atom is -0.435 e. The summed E-state index contributed by atoms with van der Waals surface area (Å²) < 4.78 is -0.309. The standard InChI is InChI=1S/C18H33NO3/c1-2-3-4-5-6-7-8-9-11-14-17(20)19(18(21)22)15-12-10-13-16-19/h2-16H2,1H3/p+1. The van der Waals surface area contributed by atoms with E-state index < -0.39 is 6.09 Å². The first-order chi connectivity index (χ1) is 10.6. The third-order valence-electron chi connectivity index (χ3n) is 4.92. The summed E-state index contributed by atoms with van der Waals surface area (Å²) in [4.78, 5) is 23.9. The molecule has 4 heteroatoms. The van der Waals surface area contributed by atoms with Crippen molar-refractivity contribution in [1.29, 1.82) is 0 Å². The van der Waals surface area contributed by atoms with Crippen molar-refractivity contribution in [1.82, 2.24) is 0 Å². The Morgan fingerprint density at radius 1 is 0.818 bits per heavy atom. The van der Waals surface area contributed by atoms with Gasteiger partial charge in [0, 0.05) is 0 Å². The average molecular weight is 312 g/mol. The number of amides is 2. The minimum absolute atomic E-state index is 0.0739. The predicted molar refractivity (Wildman–Crippen MR) is 88.7 cm³/mol. The Morgan fingerprint density at radius 2 is 1.32 bits per heavy atom. The molecule has 1 saturated heterocycles. The van der Waals surface area contributed by atoms with E-state index in [0.717, 1.165) is 32.1 Å². The van der Waals surface area contributed by atoms with E-state index in [1.165, 1.54) is 44.9 Å². The number of nitrogens with zero attached hydrogens (tertiary/aromatic N) is 1. The fourth-order valence-corrected chi connectivity index (χ4v) is 3.40. The third-order valence-corrected chi connectivity index (χ3v) is 4.92. The Labute approximate surface area is 135 Å². The number of hydrogen-bond donors (Lipinski definition) is 1. The molecule has 1 aliphatic rings. The monoisotopic (exact) mass is 312 g/mol.